The fourth-order valence-corrected chi connectivity index (χ4v) is 4.35. The first-order chi connectivity index (χ1) is 17.7. The SMILES string of the molecule is Cn1cc(-c2cc3ncccc3c(-c3cnc(N4CC[C@H](NC(=O)OC(C)(C)C)[C@@H](O)C4)cn3)n2)cn1. The van der Waals surface area contributed by atoms with E-state index in [0.29, 0.717) is 36.7 Å². The van der Waals surface area contributed by atoms with E-state index in [2.05, 4.69) is 25.4 Å². The van der Waals surface area contributed by atoms with Crippen molar-refractivity contribution in [3.8, 4) is 22.6 Å². The molecule has 1 aliphatic heterocycles. The highest BCUT2D eigenvalue weighted by molar-refractivity contribution is 5.93. The Labute approximate surface area is 214 Å². The normalized spacial score (nSPS) is 18.1. The molecule has 4 aromatic rings. The van der Waals surface area contributed by atoms with Crippen LogP contribution >= 0.6 is 0 Å². The Morgan fingerprint density at radius 3 is 2.68 bits per heavy atom. The summed E-state index contributed by atoms with van der Waals surface area (Å²) in [5, 5.41) is 18.6. The Kier molecular flexibility index (Phi) is 6.46. The number of hydrogen-bond donors (Lipinski definition) is 2. The van der Waals surface area contributed by atoms with Crippen LogP contribution in [0.5, 0.6) is 0 Å². The quantitative estimate of drug-likeness (QED) is 0.432. The molecular weight excluding hydrogens is 472 g/mol. The number of hydrogen-bond acceptors (Lipinski definition) is 9. The van der Waals surface area contributed by atoms with E-state index in [1.165, 1.54) is 0 Å². The van der Waals surface area contributed by atoms with Crippen molar-refractivity contribution in [2.24, 2.45) is 7.05 Å². The van der Waals surface area contributed by atoms with Gasteiger partial charge in [0.2, 0.25) is 0 Å². The summed E-state index contributed by atoms with van der Waals surface area (Å²) in [7, 11) is 1.86. The van der Waals surface area contributed by atoms with Gasteiger partial charge in [0.15, 0.2) is 0 Å². The van der Waals surface area contributed by atoms with E-state index in [0.717, 1.165) is 22.2 Å². The molecule has 0 aromatic carbocycles. The number of fused-ring (bicyclic) bond motifs is 1. The number of carbonyl (C=O) groups excluding carboxylic acids is 1. The molecule has 11 nitrogen and oxygen atoms in total. The van der Waals surface area contributed by atoms with Crippen LogP contribution in [0.15, 0.2) is 49.2 Å². The van der Waals surface area contributed by atoms with Crippen LogP contribution in [0.1, 0.15) is 27.2 Å². The predicted molar refractivity (Wildman–Crippen MR) is 139 cm³/mol. The minimum atomic E-state index is -0.768. The molecule has 1 fully saturated rings. The van der Waals surface area contributed by atoms with Gasteiger partial charge in [0.25, 0.3) is 0 Å². The van der Waals surface area contributed by atoms with Gasteiger partial charge in [-0.2, -0.15) is 5.10 Å². The van der Waals surface area contributed by atoms with Crippen LogP contribution in [0.3, 0.4) is 0 Å². The average molecular weight is 503 g/mol. The number of anilines is 1. The number of β-amino-alcohol motifs (C(OH)–C–C–N with tert-alkyl or cyclic N) is 1. The van der Waals surface area contributed by atoms with E-state index in [1.807, 2.05) is 36.3 Å². The summed E-state index contributed by atoms with van der Waals surface area (Å²) in [4.78, 5) is 32.7. The van der Waals surface area contributed by atoms with Crippen LogP contribution in [0, 0.1) is 0 Å². The topological polar surface area (TPSA) is 131 Å². The summed E-state index contributed by atoms with van der Waals surface area (Å²) < 4.78 is 7.04. The summed E-state index contributed by atoms with van der Waals surface area (Å²) >= 11 is 0. The van der Waals surface area contributed by atoms with Crippen LogP contribution in [0.2, 0.25) is 0 Å². The zero-order chi connectivity index (χ0) is 26.2. The molecule has 37 heavy (non-hydrogen) atoms. The number of nitrogens with one attached hydrogen (secondary N) is 1. The summed E-state index contributed by atoms with van der Waals surface area (Å²) in [6, 6.07) is 5.38. The summed E-state index contributed by atoms with van der Waals surface area (Å²) in [5.74, 6) is 0.643. The van der Waals surface area contributed by atoms with Crippen LogP contribution in [-0.2, 0) is 11.8 Å². The molecule has 1 aliphatic rings. The van der Waals surface area contributed by atoms with Crippen LogP contribution in [0.25, 0.3) is 33.5 Å². The van der Waals surface area contributed by atoms with Crippen molar-refractivity contribution in [1.29, 1.82) is 0 Å². The molecule has 1 saturated heterocycles. The maximum absolute atomic E-state index is 12.1. The lowest BCUT2D eigenvalue weighted by atomic mass is 10.0. The van der Waals surface area contributed by atoms with Gasteiger partial charge in [0.05, 0.1) is 41.9 Å². The number of alkyl carbamates (subject to hydrolysis) is 1. The fraction of sp³-hybridized carbons (Fsp3) is 0.385. The number of aryl methyl sites for hydroxylation is 1. The molecule has 192 valence electrons. The van der Waals surface area contributed by atoms with E-state index in [1.54, 1.807) is 50.2 Å². The fourth-order valence-electron chi connectivity index (χ4n) is 4.35. The van der Waals surface area contributed by atoms with Crippen LogP contribution in [0.4, 0.5) is 10.6 Å². The average Bonchev–Trinajstić information content (AvgIpc) is 3.30. The van der Waals surface area contributed by atoms with Crippen molar-refractivity contribution in [2.75, 3.05) is 18.0 Å². The minimum absolute atomic E-state index is 0.316. The van der Waals surface area contributed by atoms with Crippen molar-refractivity contribution in [3.05, 3.63) is 49.2 Å². The van der Waals surface area contributed by atoms with Crippen molar-refractivity contribution >= 4 is 22.8 Å². The second-order valence-electron chi connectivity index (χ2n) is 10.1. The molecule has 0 unspecified atom stereocenters. The number of carbonyl (C=O) groups is 1. The first kappa shape index (κ1) is 24.6. The third-order valence-electron chi connectivity index (χ3n) is 6.09. The molecule has 4 aromatic heterocycles. The number of aliphatic hydroxyl groups is 1. The molecule has 5 heterocycles. The predicted octanol–water partition coefficient (Wildman–Crippen LogP) is 2.95. The third kappa shape index (κ3) is 5.51. The molecule has 5 rings (SSSR count). The van der Waals surface area contributed by atoms with E-state index in [4.69, 9.17) is 9.72 Å². The van der Waals surface area contributed by atoms with Gasteiger partial charge in [-0.3, -0.25) is 9.67 Å². The molecular formula is C26H30N8O3. The molecule has 2 N–H and O–H groups in total. The minimum Gasteiger partial charge on any atom is -0.444 e. The summed E-state index contributed by atoms with van der Waals surface area (Å²) in [5.41, 5.74) is 3.15. The van der Waals surface area contributed by atoms with Gasteiger partial charge in [-0.15, -0.1) is 0 Å². The molecule has 0 spiro atoms. The Morgan fingerprint density at radius 1 is 1.16 bits per heavy atom. The zero-order valence-electron chi connectivity index (χ0n) is 21.3. The maximum atomic E-state index is 12.1. The smallest absolute Gasteiger partial charge is 0.407 e. The molecule has 1 amide bonds. The number of pyridine rings is 2. The molecule has 0 radical (unpaired) electrons. The number of amides is 1. The van der Waals surface area contributed by atoms with Gasteiger partial charge in [-0.25, -0.2) is 19.7 Å². The maximum Gasteiger partial charge on any atom is 0.407 e. The van der Waals surface area contributed by atoms with Crippen molar-refractivity contribution in [2.45, 2.75) is 44.9 Å². The zero-order valence-corrected chi connectivity index (χ0v) is 21.3. The first-order valence-electron chi connectivity index (χ1n) is 12.2. The van der Waals surface area contributed by atoms with Crippen molar-refractivity contribution in [3.63, 3.8) is 0 Å². The second-order valence-corrected chi connectivity index (χ2v) is 10.1. The highest BCUT2D eigenvalue weighted by atomic mass is 16.6. The molecule has 11 heteroatoms. The largest absolute Gasteiger partial charge is 0.444 e. The van der Waals surface area contributed by atoms with Gasteiger partial charge in [-0.05, 0) is 45.4 Å². The number of ether oxygens (including phenoxy) is 1. The van der Waals surface area contributed by atoms with Crippen molar-refractivity contribution < 1.29 is 14.6 Å². The number of piperidine rings is 1. The summed E-state index contributed by atoms with van der Waals surface area (Å²) in [6.07, 6.45) is 8.05. The number of aliphatic hydroxyl groups excluding tert-OH is 1. The van der Waals surface area contributed by atoms with Gasteiger partial charge in [0.1, 0.15) is 22.8 Å². The Hall–Kier alpha value is -4.12. The Bertz CT molecular complexity index is 1410. The lowest BCUT2D eigenvalue weighted by Crippen LogP contribution is -2.55. The lowest BCUT2D eigenvalue weighted by molar-refractivity contribution is 0.0402. The van der Waals surface area contributed by atoms with Gasteiger partial charge in [-0.1, -0.05) is 0 Å². The number of rotatable bonds is 4. The lowest BCUT2D eigenvalue weighted by Gasteiger charge is -2.36. The van der Waals surface area contributed by atoms with Gasteiger partial charge >= 0.3 is 6.09 Å². The standard InChI is InChI=1S/C26H30N8O3/c1-26(2,3)37-25(36)32-18-7-9-34(15-22(18)35)23-13-28-21(12-29-23)24-17-6-5-8-27-20(17)10-19(31-24)16-11-30-33(4)14-16/h5-6,8,10-14,18,22,35H,7,9,15H2,1-4H3,(H,32,36)/t18-,22-/m0/s1. The number of aromatic nitrogens is 6. The number of nitrogens with zero attached hydrogens (tertiary/aromatic N) is 7. The first-order valence-corrected chi connectivity index (χ1v) is 12.2. The molecule has 0 bridgehead atoms. The molecule has 0 aliphatic carbocycles. The van der Waals surface area contributed by atoms with E-state index >= 15 is 0 Å². The second kappa shape index (κ2) is 9.74. The van der Waals surface area contributed by atoms with Crippen LogP contribution in [-0.4, -0.2) is 71.8 Å². The summed E-state index contributed by atoms with van der Waals surface area (Å²) in [6.45, 7) is 6.33. The van der Waals surface area contributed by atoms with Gasteiger partial charge < -0.3 is 20.1 Å². The highest BCUT2D eigenvalue weighted by Gasteiger charge is 2.31. The Morgan fingerprint density at radius 2 is 2.00 bits per heavy atom. The van der Waals surface area contributed by atoms with Gasteiger partial charge in [0, 0.05) is 43.5 Å². The third-order valence-corrected chi connectivity index (χ3v) is 6.09. The van der Waals surface area contributed by atoms with E-state index in [9.17, 15) is 9.90 Å². The van der Waals surface area contributed by atoms with Crippen molar-refractivity contribution in [1.82, 2.24) is 35.0 Å². The molecule has 0 saturated carbocycles. The highest BCUT2D eigenvalue weighted by Crippen LogP contribution is 2.29. The van der Waals surface area contributed by atoms with Crippen LogP contribution < -0.4 is 10.2 Å². The van der Waals surface area contributed by atoms with E-state index in [-0.39, 0.29) is 0 Å². The Balaban J connectivity index is 1.34. The molecule has 2 atom stereocenters. The van der Waals surface area contributed by atoms with E-state index < -0.39 is 23.8 Å². The monoisotopic (exact) mass is 502 g/mol.